The minimum absolute atomic E-state index is 0.0159. The summed E-state index contributed by atoms with van der Waals surface area (Å²) in [5.74, 6) is 0. The molecule has 0 bridgehead atoms. The molecule has 11 heavy (non-hydrogen) atoms. The fraction of sp³-hybridized carbons (Fsp3) is 1.00. The molecule has 2 atom stereocenters. The minimum atomic E-state index is -0.204. The molecule has 66 valence electrons. The molecule has 1 rings (SSSR count). The molecule has 1 aliphatic heterocycles. The maximum atomic E-state index is 9.82. The van der Waals surface area contributed by atoms with E-state index in [1.54, 1.807) is 0 Å². The molecule has 0 unspecified atom stereocenters. The summed E-state index contributed by atoms with van der Waals surface area (Å²) in [5, 5.41) is 13.1. The number of nitrogens with one attached hydrogen (secondary N) is 1. The summed E-state index contributed by atoms with van der Waals surface area (Å²) < 4.78 is 0. The molecular formula is C9H19NO. The Morgan fingerprint density at radius 3 is 2.45 bits per heavy atom. The average molecular weight is 157 g/mol. The van der Waals surface area contributed by atoms with Gasteiger partial charge in [0.25, 0.3) is 0 Å². The SMILES string of the molecule is CC(C)(C)[C@@H](O)[C@@H]1CCCN1. The van der Waals surface area contributed by atoms with Gasteiger partial charge in [-0.25, -0.2) is 0 Å². The summed E-state index contributed by atoms with van der Waals surface area (Å²) in [6, 6.07) is 0.329. The molecule has 0 aromatic heterocycles. The van der Waals surface area contributed by atoms with Gasteiger partial charge in [0.2, 0.25) is 0 Å². The summed E-state index contributed by atoms with van der Waals surface area (Å²) >= 11 is 0. The summed E-state index contributed by atoms with van der Waals surface area (Å²) in [6.07, 6.45) is 2.13. The highest BCUT2D eigenvalue weighted by molar-refractivity contribution is 4.87. The zero-order valence-corrected chi connectivity index (χ0v) is 7.72. The first kappa shape index (κ1) is 9.01. The Bertz CT molecular complexity index is 122. The quantitative estimate of drug-likeness (QED) is 0.598. The van der Waals surface area contributed by atoms with Crippen molar-refractivity contribution >= 4 is 0 Å². The van der Waals surface area contributed by atoms with Crippen LogP contribution in [0.15, 0.2) is 0 Å². The lowest BCUT2D eigenvalue weighted by molar-refractivity contribution is 0.0347. The standard InChI is InChI=1S/C9H19NO/c1-9(2,3)8(11)7-5-4-6-10-7/h7-8,10-11H,4-6H2,1-3H3/t7-,8-/m0/s1. The van der Waals surface area contributed by atoms with Crippen LogP contribution in [0.4, 0.5) is 0 Å². The predicted octanol–water partition coefficient (Wildman–Crippen LogP) is 1.15. The molecule has 0 aromatic carbocycles. The van der Waals surface area contributed by atoms with Crippen LogP contribution >= 0.6 is 0 Å². The van der Waals surface area contributed by atoms with Crippen LogP contribution in [0.25, 0.3) is 0 Å². The van der Waals surface area contributed by atoms with E-state index in [9.17, 15) is 5.11 Å². The third kappa shape index (κ3) is 2.17. The Morgan fingerprint density at radius 2 is 2.09 bits per heavy atom. The van der Waals surface area contributed by atoms with Crippen molar-refractivity contribution in [3.8, 4) is 0 Å². The average Bonchev–Trinajstić information content (AvgIpc) is 2.34. The van der Waals surface area contributed by atoms with E-state index in [4.69, 9.17) is 0 Å². The molecule has 1 saturated heterocycles. The molecule has 0 saturated carbocycles. The topological polar surface area (TPSA) is 32.3 Å². The normalized spacial score (nSPS) is 28.9. The van der Waals surface area contributed by atoms with E-state index in [0.717, 1.165) is 13.0 Å². The first-order chi connectivity index (χ1) is 5.02. The maximum absolute atomic E-state index is 9.82. The van der Waals surface area contributed by atoms with Crippen LogP contribution < -0.4 is 5.32 Å². The van der Waals surface area contributed by atoms with Crippen molar-refractivity contribution in [1.82, 2.24) is 5.32 Å². The van der Waals surface area contributed by atoms with Crippen LogP contribution in [-0.4, -0.2) is 23.8 Å². The van der Waals surface area contributed by atoms with Crippen molar-refractivity contribution in [1.29, 1.82) is 0 Å². The van der Waals surface area contributed by atoms with Crippen molar-refractivity contribution in [2.75, 3.05) is 6.54 Å². The second kappa shape index (κ2) is 3.11. The van der Waals surface area contributed by atoms with Gasteiger partial charge in [-0.2, -0.15) is 0 Å². The third-order valence-electron chi connectivity index (χ3n) is 2.37. The van der Waals surface area contributed by atoms with Gasteiger partial charge in [-0.3, -0.25) is 0 Å². The minimum Gasteiger partial charge on any atom is -0.391 e. The zero-order chi connectivity index (χ0) is 8.48. The van der Waals surface area contributed by atoms with Gasteiger partial charge in [0.1, 0.15) is 0 Å². The second-order valence-corrected chi connectivity index (χ2v) is 4.51. The number of hydrogen-bond acceptors (Lipinski definition) is 2. The number of hydrogen-bond donors (Lipinski definition) is 2. The van der Waals surface area contributed by atoms with Gasteiger partial charge in [0.15, 0.2) is 0 Å². The number of aliphatic hydroxyl groups excluding tert-OH is 1. The molecule has 2 N–H and O–H groups in total. The highest BCUT2D eigenvalue weighted by atomic mass is 16.3. The molecule has 0 amide bonds. The van der Waals surface area contributed by atoms with E-state index < -0.39 is 0 Å². The lowest BCUT2D eigenvalue weighted by atomic mass is 9.84. The van der Waals surface area contributed by atoms with Gasteiger partial charge < -0.3 is 10.4 Å². The molecule has 1 aliphatic rings. The maximum Gasteiger partial charge on any atom is 0.0741 e. The van der Waals surface area contributed by atoms with Crippen molar-refractivity contribution in [2.45, 2.75) is 45.8 Å². The Hall–Kier alpha value is -0.0800. The van der Waals surface area contributed by atoms with Crippen molar-refractivity contribution in [3.05, 3.63) is 0 Å². The lowest BCUT2D eigenvalue weighted by Gasteiger charge is -2.30. The van der Waals surface area contributed by atoms with E-state index in [1.165, 1.54) is 6.42 Å². The molecule has 0 aromatic rings. The molecule has 0 spiro atoms. The van der Waals surface area contributed by atoms with Gasteiger partial charge in [0, 0.05) is 6.04 Å². The van der Waals surface area contributed by atoms with Crippen LogP contribution in [0.1, 0.15) is 33.6 Å². The van der Waals surface area contributed by atoms with Gasteiger partial charge in [-0.15, -0.1) is 0 Å². The van der Waals surface area contributed by atoms with Gasteiger partial charge in [0.05, 0.1) is 6.10 Å². The largest absolute Gasteiger partial charge is 0.391 e. The fourth-order valence-corrected chi connectivity index (χ4v) is 1.58. The third-order valence-corrected chi connectivity index (χ3v) is 2.37. The van der Waals surface area contributed by atoms with Crippen molar-refractivity contribution < 1.29 is 5.11 Å². The highest BCUT2D eigenvalue weighted by Gasteiger charge is 2.31. The smallest absolute Gasteiger partial charge is 0.0741 e. The second-order valence-electron chi connectivity index (χ2n) is 4.51. The highest BCUT2D eigenvalue weighted by Crippen LogP contribution is 2.25. The predicted molar refractivity (Wildman–Crippen MR) is 46.5 cm³/mol. The van der Waals surface area contributed by atoms with Crippen LogP contribution in [0, 0.1) is 5.41 Å². The summed E-state index contributed by atoms with van der Waals surface area (Å²) in [5.41, 5.74) is 0.0159. The Balaban J connectivity index is 2.46. The Kier molecular flexibility index (Phi) is 2.55. The van der Waals surface area contributed by atoms with Gasteiger partial charge >= 0.3 is 0 Å². The molecule has 1 fully saturated rings. The van der Waals surface area contributed by atoms with Crippen LogP contribution in [-0.2, 0) is 0 Å². The summed E-state index contributed by atoms with van der Waals surface area (Å²) in [7, 11) is 0. The van der Waals surface area contributed by atoms with Crippen molar-refractivity contribution in [2.24, 2.45) is 5.41 Å². The molecule has 2 nitrogen and oxygen atoms in total. The fourth-order valence-electron chi connectivity index (χ4n) is 1.58. The van der Waals surface area contributed by atoms with Gasteiger partial charge in [-0.05, 0) is 24.8 Å². The molecule has 0 radical (unpaired) electrons. The van der Waals surface area contributed by atoms with Crippen LogP contribution in [0.5, 0.6) is 0 Å². The molecule has 0 aliphatic carbocycles. The van der Waals surface area contributed by atoms with Crippen LogP contribution in [0.2, 0.25) is 0 Å². The number of aliphatic hydroxyl groups is 1. The van der Waals surface area contributed by atoms with E-state index in [0.29, 0.717) is 6.04 Å². The first-order valence-corrected chi connectivity index (χ1v) is 4.43. The van der Waals surface area contributed by atoms with Gasteiger partial charge in [-0.1, -0.05) is 20.8 Å². The molecule has 1 heterocycles. The summed E-state index contributed by atoms with van der Waals surface area (Å²) in [6.45, 7) is 7.31. The summed E-state index contributed by atoms with van der Waals surface area (Å²) in [4.78, 5) is 0. The first-order valence-electron chi connectivity index (χ1n) is 4.43. The molecular weight excluding hydrogens is 138 g/mol. The Morgan fingerprint density at radius 1 is 1.45 bits per heavy atom. The molecule has 2 heteroatoms. The zero-order valence-electron chi connectivity index (χ0n) is 7.72. The van der Waals surface area contributed by atoms with E-state index >= 15 is 0 Å². The van der Waals surface area contributed by atoms with E-state index in [1.807, 2.05) is 0 Å². The lowest BCUT2D eigenvalue weighted by Crippen LogP contribution is -2.43. The van der Waals surface area contributed by atoms with Crippen LogP contribution in [0.3, 0.4) is 0 Å². The number of rotatable bonds is 1. The van der Waals surface area contributed by atoms with E-state index in [-0.39, 0.29) is 11.5 Å². The van der Waals surface area contributed by atoms with E-state index in [2.05, 4.69) is 26.1 Å². The monoisotopic (exact) mass is 157 g/mol. The Labute approximate surface area is 69.0 Å². The van der Waals surface area contributed by atoms with Crippen molar-refractivity contribution in [3.63, 3.8) is 0 Å².